The molecule has 0 radical (unpaired) electrons. The van der Waals surface area contributed by atoms with Gasteiger partial charge in [-0.1, -0.05) is 5.16 Å². The molecule has 1 atom stereocenters. The SMILES string of the molecule is CC(C)(C)OC(=O)N1CCC[C@@H](C/C(N)=N/O)C1. The van der Waals surface area contributed by atoms with E-state index in [1.165, 1.54) is 0 Å². The number of carbonyl (C=O) groups is 1. The summed E-state index contributed by atoms with van der Waals surface area (Å²) in [6.07, 6.45) is 2.13. The van der Waals surface area contributed by atoms with Crippen LogP contribution in [0.15, 0.2) is 5.16 Å². The molecule has 0 spiro atoms. The number of amidine groups is 1. The van der Waals surface area contributed by atoms with E-state index in [9.17, 15) is 4.79 Å². The molecule has 6 heteroatoms. The van der Waals surface area contributed by atoms with Crippen LogP contribution in [0, 0.1) is 5.92 Å². The van der Waals surface area contributed by atoms with E-state index in [4.69, 9.17) is 15.7 Å². The lowest BCUT2D eigenvalue weighted by Gasteiger charge is -2.33. The average Bonchev–Trinajstić information content (AvgIpc) is 2.27. The van der Waals surface area contributed by atoms with Crippen LogP contribution in [0.2, 0.25) is 0 Å². The zero-order valence-corrected chi connectivity index (χ0v) is 11.3. The first-order valence-corrected chi connectivity index (χ1v) is 6.26. The van der Waals surface area contributed by atoms with E-state index in [0.717, 1.165) is 12.8 Å². The summed E-state index contributed by atoms with van der Waals surface area (Å²) in [7, 11) is 0. The number of rotatable bonds is 2. The molecule has 1 amide bonds. The van der Waals surface area contributed by atoms with Crippen molar-refractivity contribution in [1.29, 1.82) is 0 Å². The van der Waals surface area contributed by atoms with Crippen molar-refractivity contribution in [2.45, 2.75) is 45.6 Å². The van der Waals surface area contributed by atoms with Crippen LogP contribution >= 0.6 is 0 Å². The number of ether oxygens (including phenoxy) is 1. The van der Waals surface area contributed by atoms with Gasteiger partial charge in [-0.25, -0.2) is 4.79 Å². The third-order valence-corrected chi connectivity index (χ3v) is 2.80. The van der Waals surface area contributed by atoms with Gasteiger partial charge in [-0.2, -0.15) is 0 Å². The molecule has 0 aliphatic carbocycles. The van der Waals surface area contributed by atoms with E-state index < -0.39 is 5.60 Å². The number of likely N-dealkylation sites (tertiary alicyclic amines) is 1. The van der Waals surface area contributed by atoms with Gasteiger partial charge in [0.15, 0.2) is 0 Å². The fourth-order valence-electron chi connectivity index (χ4n) is 2.06. The Bertz CT molecular complexity index is 323. The molecular weight excluding hydrogens is 234 g/mol. The molecule has 1 aliphatic rings. The predicted octanol–water partition coefficient (Wildman–Crippen LogP) is 1.77. The van der Waals surface area contributed by atoms with Crippen molar-refractivity contribution < 1.29 is 14.7 Å². The Kier molecular flexibility index (Phi) is 4.81. The first kappa shape index (κ1) is 14.6. The molecule has 1 rings (SSSR count). The molecular formula is C12H23N3O3. The van der Waals surface area contributed by atoms with E-state index in [1.807, 2.05) is 20.8 Å². The van der Waals surface area contributed by atoms with Crippen LogP contribution in [0.1, 0.15) is 40.0 Å². The summed E-state index contributed by atoms with van der Waals surface area (Å²) in [6, 6.07) is 0. The number of nitrogens with two attached hydrogens (primary N) is 1. The standard InChI is InChI=1S/C12H23N3O3/c1-12(2,3)18-11(16)15-6-4-5-9(8-15)7-10(13)14-17/h9,17H,4-8H2,1-3H3,(H2,13,14)/t9-/m0/s1. The van der Waals surface area contributed by atoms with Crippen molar-refractivity contribution in [3.8, 4) is 0 Å². The highest BCUT2D eigenvalue weighted by atomic mass is 16.6. The van der Waals surface area contributed by atoms with Crippen molar-refractivity contribution >= 4 is 11.9 Å². The third kappa shape index (κ3) is 4.81. The minimum atomic E-state index is -0.477. The quantitative estimate of drug-likeness (QED) is 0.341. The number of nitrogens with zero attached hydrogens (tertiary/aromatic N) is 2. The fourth-order valence-corrected chi connectivity index (χ4v) is 2.06. The van der Waals surface area contributed by atoms with Gasteiger partial charge in [-0.05, 0) is 39.5 Å². The Morgan fingerprint density at radius 1 is 1.56 bits per heavy atom. The van der Waals surface area contributed by atoms with Crippen molar-refractivity contribution in [2.24, 2.45) is 16.8 Å². The molecule has 104 valence electrons. The molecule has 1 saturated heterocycles. The summed E-state index contributed by atoms with van der Waals surface area (Å²) in [5, 5.41) is 11.5. The number of hydrogen-bond donors (Lipinski definition) is 2. The van der Waals surface area contributed by atoms with Crippen LogP contribution in [-0.4, -0.2) is 40.7 Å². The molecule has 0 unspecified atom stereocenters. The highest BCUT2D eigenvalue weighted by Crippen LogP contribution is 2.21. The van der Waals surface area contributed by atoms with Crippen molar-refractivity contribution in [3.63, 3.8) is 0 Å². The number of amides is 1. The molecule has 0 aromatic rings. The van der Waals surface area contributed by atoms with Gasteiger partial charge in [-0.3, -0.25) is 0 Å². The van der Waals surface area contributed by atoms with Gasteiger partial charge in [-0.15, -0.1) is 0 Å². The Balaban J connectivity index is 2.50. The minimum Gasteiger partial charge on any atom is -0.444 e. The molecule has 0 aromatic carbocycles. The van der Waals surface area contributed by atoms with Crippen molar-refractivity contribution in [1.82, 2.24) is 4.90 Å². The lowest BCUT2D eigenvalue weighted by Crippen LogP contribution is -2.43. The molecule has 1 aliphatic heterocycles. The van der Waals surface area contributed by atoms with Crippen molar-refractivity contribution in [2.75, 3.05) is 13.1 Å². The van der Waals surface area contributed by atoms with Crippen LogP contribution in [0.4, 0.5) is 4.79 Å². The first-order chi connectivity index (χ1) is 8.31. The smallest absolute Gasteiger partial charge is 0.410 e. The zero-order valence-electron chi connectivity index (χ0n) is 11.3. The molecule has 1 heterocycles. The van der Waals surface area contributed by atoms with Crippen LogP contribution in [0.5, 0.6) is 0 Å². The van der Waals surface area contributed by atoms with Gasteiger partial charge >= 0.3 is 6.09 Å². The molecule has 3 N–H and O–H groups in total. The van der Waals surface area contributed by atoms with Crippen LogP contribution in [-0.2, 0) is 4.74 Å². The Hall–Kier alpha value is -1.46. The van der Waals surface area contributed by atoms with Crippen LogP contribution < -0.4 is 5.73 Å². The van der Waals surface area contributed by atoms with E-state index in [1.54, 1.807) is 4.90 Å². The third-order valence-electron chi connectivity index (χ3n) is 2.80. The topological polar surface area (TPSA) is 88.2 Å². The maximum absolute atomic E-state index is 11.9. The Morgan fingerprint density at radius 2 is 2.22 bits per heavy atom. The van der Waals surface area contributed by atoms with Gasteiger partial charge in [0.05, 0.1) is 0 Å². The van der Waals surface area contributed by atoms with E-state index >= 15 is 0 Å². The summed E-state index contributed by atoms with van der Waals surface area (Å²) in [4.78, 5) is 13.6. The van der Waals surface area contributed by atoms with Crippen molar-refractivity contribution in [3.05, 3.63) is 0 Å². The highest BCUT2D eigenvalue weighted by Gasteiger charge is 2.27. The summed E-state index contributed by atoms with van der Waals surface area (Å²) in [6.45, 7) is 6.86. The number of piperidine rings is 1. The number of carbonyl (C=O) groups excluding carboxylic acids is 1. The molecule has 1 fully saturated rings. The lowest BCUT2D eigenvalue weighted by atomic mass is 9.95. The Morgan fingerprint density at radius 3 is 2.78 bits per heavy atom. The summed E-state index contributed by atoms with van der Waals surface area (Å²) in [5.41, 5.74) is 5.02. The predicted molar refractivity (Wildman–Crippen MR) is 68.6 cm³/mol. The molecule has 6 nitrogen and oxygen atoms in total. The molecule has 0 bridgehead atoms. The van der Waals surface area contributed by atoms with Gasteiger partial charge in [0, 0.05) is 19.5 Å². The highest BCUT2D eigenvalue weighted by molar-refractivity contribution is 5.80. The fraction of sp³-hybridized carbons (Fsp3) is 0.833. The monoisotopic (exact) mass is 257 g/mol. The number of oxime groups is 1. The second-order valence-corrected chi connectivity index (χ2v) is 5.73. The second-order valence-electron chi connectivity index (χ2n) is 5.73. The normalized spacial score (nSPS) is 21.8. The maximum atomic E-state index is 11.9. The maximum Gasteiger partial charge on any atom is 0.410 e. The molecule has 18 heavy (non-hydrogen) atoms. The van der Waals surface area contributed by atoms with E-state index in [-0.39, 0.29) is 17.8 Å². The van der Waals surface area contributed by atoms with Gasteiger partial charge in [0.2, 0.25) is 0 Å². The average molecular weight is 257 g/mol. The Labute approximate surface area is 108 Å². The number of hydrogen-bond acceptors (Lipinski definition) is 4. The van der Waals surface area contributed by atoms with E-state index in [2.05, 4.69) is 5.16 Å². The largest absolute Gasteiger partial charge is 0.444 e. The van der Waals surface area contributed by atoms with E-state index in [0.29, 0.717) is 19.5 Å². The van der Waals surface area contributed by atoms with Gasteiger partial charge < -0.3 is 20.6 Å². The van der Waals surface area contributed by atoms with Crippen LogP contribution in [0.3, 0.4) is 0 Å². The summed E-state index contributed by atoms with van der Waals surface area (Å²) >= 11 is 0. The second kappa shape index (κ2) is 5.93. The molecule has 0 saturated carbocycles. The molecule has 0 aromatic heterocycles. The van der Waals surface area contributed by atoms with Gasteiger partial charge in [0.1, 0.15) is 11.4 Å². The minimum absolute atomic E-state index is 0.214. The van der Waals surface area contributed by atoms with Gasteiger partial charge in [0.25, 0.3) is 0 Å². The first-order valence-electron chi connectivity index (χ1n) is 6.26. The lowest BCUT2D eigenvalue weighted by molar-refractivity contribution is 0.0169. The summed E-state index contributed by atoms with van der Waals surface area (Å²) in [5.74, 6) is 0.452. The summed E-state index contributed by atoms with van der Waals surface area (Å²) < 4.78 is 5.33. The van der Waals surface area contributed by atoms with Crippen LogP contribution in [0.25, 0.3) is 0 Å². The zero-order chi connectivity index (χ0) is 13.8.